The Kier molecular flexibility index (Phi) is 5.51. The summed E-state index contributed by atoms with van der Waals surface area (Å²) in [6, 6.07) is 10.1. The third-order valence-electron chi connectivity index (χ3n) is 4.90. The van der Waals surface area contributed by atoms with Crippen molar-refractivity contribution >= 4 is 21.6 Å². The number of halogens is 1. The van der Waals surface area contributed by atoms with Gasteiger partial charge in [-0.25, -0.2) is 12.8 Å². The second-order valence-electron chi connectivity index (χ2n) is 7.04. The zero-order valence-corrected chi connectivity index (χ0v) is 16.2. The van der Waals surface area contributed by atoms with Crippen LogP contribution in [0.1, 0.15) is 35.7 Å². The molecule has 1 saturated heterocycles. The normalized spacial score (nSPS) is 15.6. The molecule has 1 N–H and O–H groups in total. The number of benzene rings is 2. The Morgan fingerprint density at radius 2 is 1.81 bits per heavy atom. The van der Waals surface area contributed by atoms with Gasteiger partial charge in [-0.05, 0) is 61.6 Å². The molecule has 0 aromatic heterocycles. The van der Waals surface area contributed by atoms with Crippen molar-refractivity contribution < 1.29 is 17.6 Å². The monoisotopic (exact) mass is 390 g/mol. The van der Waals surface area contributed by atoms with E-state index in [-0.39, 0.29) is 16.5 Å². The molecule has 1 amide bonds. The van der Waals surface area contributed by atoms with Crippen LogP contribution in [0.3, 0.4) is 0 Å². The second kappa shape index (κ2) is 7.68. The van der Waals surface area contributed by atoms with Crippen molar-refractivity contribution in [3.63, 3.8) is 0 Å². The fourth-order valence-corrected chi connectivity index (χ4v) is 4.56. The van der Waals surface area contributed by atoms with Crippen molar-refractivity contribution in [1.82, 2.24) is 4.90 Å². The molecule has 1 heterocycles. The lowest BCUT2D eigenvalue weighted by atomic mass is 9.98. The molecule has 2 aromatic carbocycles. The Hall–Kier alpha value is -2.41. The smallest absolute Gasteiger partial charge is 0.262 e. The molecule has 0 bridgehead atoms. The number of likely N-dealkylation sites (tertiary alicyclic amines) is 1. The summed E-state index contributed by atoms with van der Waals surface area (Å²) in [6.07, 6.45) is 1.88. The number of carbonyl (C=O) groups excluding carboxylic acids is 1. The van der Waals surface area contributed by atoms with E-state index in [9.17, 15) is 17.6 Å². The Labute approximate surface area is 159 Å². The number of para-hydroxylation sites is 1. The molecule has 5 nitrogen and oxygen atoms in total. The van der Waals surface area contributed by atoms with Crippen molar-refractivity contribution in [2.75, 3.05) is 17.8 Å². The number of aryl methyl sites for hydroxylation is 1. The third-order valence-corrected chi connectivity index (χ3v) is 6.42. The van der Waals surface area contributed by atoms with Crippen molar-refractivity contribution in [2.45, 2.75) is 31.6 Å². The quantitative estimate of drug-likeness (QED) is 0.863. The van der Waals surface area contributed by atoms with Gasteiger partial charge in [-0.15, -0.1) is 0 Å². The summed E-state index contributed by atoms with van der Waals surface area (Å²) in [5.41, 5.74) is 0.844. The van der Waals surface area contributed by atoms with Crippen LogP contribution in [0.5, 0.6) is 0 Å². The first-order valence-electron chi connectivity index (χ1n) is 8.95. The first kappa shape index (κ1) is 19.4. The summed E-state index contributed by atoms with van der Waals surface area (Å²) < 4.78 is 41.3. The molecule has 0 aliphatic carbocycles. The Balaban J connectivity index is 1.88. The minimum absolute atomic E-state index is 0.0158. The molecule has 0 radical (unpaired) electrons. The maximum atomic E-state index is 13.3. The highest BCUT2D eigenvalue weighted by Gasteiger charge is 2.25. The third kappa shape index (κ3) is 4.30. The summed E-state index contributed by atoms with van der Waals surface area (Å²) >= 11 is 0. The van der Waals surface area contributed by atoms with Crippen LogP contribution < -0.4 is 4.72 Å². The highest BCUT2D eigenvalue weighted by molar-refractivity contribution is 7.92. The Morgan fingerprint density at radius 1 is 1.15 bits per heavy atom. The van der Waals surface area contributed by atoms with Gasteiger partial charge >= 0.3 is 0 Å². The summed E-state index contributed by atoms with van der Waals surface area (Å²) in [5, 5.41) is 0. The van der Waals surface area contributed by atoms with Crippen molar-refractivity contribution in [1.29, 1.82) is 0 Å². The number of anilines is 1. The molecule has 0 unspecified atom stereocenters. The molecule has 144 valence electrons. The van der Waals surface area contributed by atoms with Gasteiger partial charge in [0.15, 0.2) is 0 Å². The summed E-state index contributed by atoms with van der Waals surface area (Å²) in [5.74, 6) is -0.0957. The topological polar surface area (TPSA) is 66.5 Å². The van der Waals surface area contributed by atoms with Gasteiger partial charge in [0.25, 0.3) is 15.9 Å². The van der Waals surface area contributed by atoms with Gasteiger partial charge in [-0.1, -0.05) is 19.1 Å². The van der Waals surface area contributed by atoms with Crippen LogP contribution in [-0.4, -0.2) is 32.3 Å². The maximum absolute atomic E-state index is 13.3. The molecule has 7 heteroatoms. The number of carbonyl (C=O) groups is 1. The van der Waals surface area contributed by atoms with Crippen LogP contribution in [0.25, 0.3) is 0 Å². The number of hydrogen-bond acceptors (Lipinski definition) is 3. The van der Waals surface area contributed by atoms with Crippen LogP contribution >= 0.6 is 0 Å². The molecular formula is C20H23FN2O3S. The minimum atomic E-state index is -3.94. The number of sulfonamides is 1. The van der Waals surface area contributed by atoms with Crippen LogP contribution in [0.4, 0.5) is 10.1 Å². The Morgan fingerprint density at radius 3 is 2.48 bits per heavy atom. The molecular weight excluding hydrogens is 367 g/mol. The molecule has 1 aliphatic rings. The summed E-state index contributed by atoms with van der Waals surface area (Å²) in [4.78, 5) is 14.6. The van der Waals surface area contributed by atoms with Crippen LogP contribution in [0.2, 0.25) is 0 Å². The van der Waals surface area contributed by atoms with E-state index in [0.717, 1.165) is 18.9 Å². The van der Waals surface area contributed by atoms with Crippen molar-refractivity contribution in [3.8, 4) is 0 Å². The van der Waals surface area contributed by atoms with Gasteiger partial charge in [0.05, 0.1) is 16.1 Å². The van der Waals surface area contributed by atoms with Gasteiger partial charge in [-0.2, -0.15) is 0 Å². The number of nitrogens with one attached hydrogen (secondary N) is 1. The first-order chi connectivity index (χ1) is 12.8. The fourth-order valence-electron chi connectivity index (χ4n) is 3.25. The van der Waals surface area contributed by atoms with E-state index in [0.29, 0.717) is 30.1 Å². The standard InChI is InChI=1S/C20H23FN2O3S/c1-14-9-11-23(12-10-14)20(24)17-5-3-4-6-18(17)22-27(25,26)19-8-7-16(21)13-15(19)2/h3-8,13-14,22H,9-12H2,1-2H3. The molecule has 1 fully saturated rings. The summed E-state index contributed by atoms with van der Waals surface area (Å²) in [6.45, 7) is 5.02. The number of hydrogen-bond donors (Lipinski definition) is 1. The van der Waals surface area contributed by atoms with E-state index >= 15 is 0 Å². The predicted molar refractivity (Wildman–Crippen MR) is 103 cm³/mol. The lowest BCUT2D eigenvalue weighted by Gasteiger charge is -2.30. The average molecular weight is 390 g/mol. The maximum Gasteiger partial charge on any atom is 0.262 e. The molecule has 2 aromatic rings. The average Bonchev–Trinajstić information content (AvgIpc) is 2.61. The molecule has 3 rings (SSSR count). The zero-order valence-electron chi connectivity index (χ0n) is 15.4. The second-order valence-corrected chi connectivity index (χ2v) is 8.69. The highest BCUT2D eigenvalue weighted by atomic mass is 32.2. The van der Waals surface area contributed by atoms with Gasteiger partial charge < -0.3 is 4.90 Å². The zero-order chi connectivity index (χ0) is 19.6. The molecule has 0 saturated carbocycles. The first-order valence-corrected chi connectivity index (χ1v) is 10.4. The minimum Gasteiger partial charge on any atom is -0.339 e. The van der Waals surface area contributed by atoms with E-state index in [4.69, 9.17) is 0 Å². The summed E-state index contributed by atoms with van der Waals surface area (Å²) in [7, 11) is -3.94. The van der Waals surface area contributed by atoms with Crippen LogP contribution in [0, 0.1) is 18.7 Å². The number of rotatable bonds is 4. The van der Waals surface area contributed by atoms with Gasteiger partial charge in [0, 0.05) is 13.1 Å². The van der Waals surface area contributed by atoms with E-state index in [1.165, 1.54) is 19.1 Å². The van der Waals surface area contributed by atoms with Crippen molar-refractivity contribution in [2.24, 2.45) is 5.92 Å². The van der Waals surface area contributed by atoms with Crippen LogP contribution in [0.15, 0.2) is 47.4 Å². The lowest BCUT2D eigenvalue weighted by Crippen LogP contribution is -2.38. The van der Waals surface area contributed by atoms with Crippen LogP contribution in [-0.2, 0) is 10.0 Å². The SMILES string of the molecule is Cc1cc(F)ccc1S(=O)(=O)Nc1ccccc1C(=O)N1CCC(C)CC1. The molecule has 0 atom stereocenters. The predicted octanol–water partition coefficient (Wildman–Crippen LogP) is 3.81. The van der Waals surface area contributed by atoms with E-state index < -0.39 is 15.8 Å². The largest absolute Gasteiger partial charge is 0.339 e. The lowest BCUT2D eigenvalue weighted by molar-refractivity contribution is 0.0698. The number of nitrogens with zero attached hydrogens (tertiary/aromatic N) is 1. The van der Waals surface area contributed by atoms with Gasteiger partial charge in [0.1, 0.15) is 5.82 Å². The van der Waals surface area contributed by atoms with Gasteiger partial charge in [-0.3, -0.25) is 9.52 Å². The number of piperidine rings is 1. The van der Waals surface area contributed by atoms with E-state index in [1.54, 1.807) is 29.2 Å². The highest BCUT2D eigenvalue weighted by Crippen LogP contribution is 2.25. The van der Waals surface area contributed by atoms with Gasteiger partial charge in [0.2, 0.25) is 0 Å². The molecule has 27 heavy (non-hydrogen) atoms. The molecule has 0 spiro atoms. The van der Waals surface area contributed by atoms with E-state index in [2.05, 4.69) is 11.6 Å². The van der Waals surface area contributed by atoms with Crippen molar-refractivity contribution in [3.05, 3.63) is 59.4 Å². The fraction of sp³-hybridized carbons (Fsp3) is 0.350. The molecule has 1 aliphatic heterocycles. The number of amides is 1. The van der Waals surface area contributed by atoms with E-state index in [1.807, 2.05) is 0 Å². The Bertz CT molecular complexity index is 951.